The minimum Gasteiger partial charge on any atom is -0.372 e. The van der Waals surface area contributed by atoms with Crippen molar-refractivity contribution >= 4 is 0 Å². The van der Waals surface area contributed by atoms with E-state index in [-0.39, 0.29) is 0 Å². The summed E-state index contributed by atoms with van der Waals surface area (Å²) in [6.45, 7) is 2.28. The molecule has 0 spiro atoms. The van der Waals surface area contributed by atoms with Gasteiger partial charge >= 0.3 is 0 Å². The minimum absolute atomic E-state index is 0.735. The number of hydrogen-bond acceptors (Lipinski definition) is 2. The van der Waals surface area contributed by atoms with Gasteiger partial charge in [-0.25, -0.2) is 0 Å². The zero-order chi connectivity index (χ0) is 10.7. The van der Waals surface area contributed by atoms with Crippen LogP contribution in [0.1, 0.15) is 16.7 Å². The largest absolute Gasteiger partial charge is 0.372 e. The maximum absolute atomic E-state index is 5.36. The average Bonchev–Trinajstić information content (AvgIpc) is 2.64. The summed E-state index contributed by atoms with van der Waals surface area (Å²) in [5.74, 6) is 6.29. The maximum Gasteiger partial charge on any atom is 0.0725 e. The predicted molar refractivity (Wildman–Crippen MR) is 60.4 cm³/mol. The lowest BCUT2D eigenvalue weighted by atomic mass is 10.1. The molecule has 2 rings (SSSR count). The Bertz CT molecular complexity index is 412. The van der Waals surface area contributed by atoms with Crippen LogP contribution in [-0.2, 0) is 18.0 Å². The second-order valence-corrected chi connectivity index (χ2v) is 4.02. The van der Waals surface area contributed by atoms with E-state index in [1.165, 1.54) is 11.1 Å². The van der Waals surface area contributed by atoms with Gasteiger partial charge in [-0.1, -0.05) is 17.9 Å². The van der Waals surface area contributed by atoms with Crippen LogP contribution in [0.25, 0.3) is 0 Å². The highest BCUT2D eigenvalue weighted by atomic mass is 16.5. The highest BCUT2D eigenvalue weighted by Crippen LogP contribution is 2.20. The Morgan fingerprint density at radius 2 is 2.07 bits per heavy atom. The number of rotatable bonds is 1. The number of fused-ring (bicyclic) bond motifs is 1. The van der Waals surface area contributed by atoms with Gasteiger partial charge in [0.1, 0.15) is 0 Å². The van der Waals surface area contributed by atoms with Gasteiger partial charge in [-0.2, -0.15) is 0 Å². The molecule has 0 aliphatic carbocycles. The molecule has 0 bridgehead atoms. The van der Waals surface area contributed by atoms with E-state index in [9.17, 15) is 0 Å². The van der Waals surface area contributed by atoms with Gasteiger partial charge < -0.3 is 4.74 Å². The van der Waals surface area contributed by atoms with Gasteiger partial charge in [0.15, 0.2) is 0 Å². The Hall–Kier alpha value is -1.30. The molecule has 1 aliphatic heterocycles. The molecule has 0 atom stereocenters. The number of nitrogens with zero attached hydrogens (tertiary/aromatic N) is 1. The summed E-state index contributed by atoms with van der Waals surface area (Å²) in [4.78, 5) is 2.06. The van der Waals surface area contributed by atoms with Crippen LogP contribution in [0.4, 0.5) is 0 Å². The monoisotopic (exact) mass is 201 g/mol. The van der Waals surface area contributed by atoms with E-state index in [2.05, 4.69) is 34.9 Å². The van der Waals surface area contributed by atoms with Gasteiger partial charge in [-0.05, 0) is 37.4 Å². The van der Waals surface area contributed by atoms with Gasteiger partial charge in [-0.15, -0.1) is 0 Å². The van der Waals surface area contributed by atoms with E-state index < -0.39 is 0 Å². The lowest BCUT2D eigenvalue weighted by Gasteiger charge is -2.01. The van der Waals surface area contributed by atoms with Crippen LogP contribution in [-0.4, -0.2) is 25.5 Å². The first-order chi connectivity index (χ1) is 7.25. The van der Waals surface area contributed by atoms with Crippen molar-refractivity contribution in [2.75, 3.05) is 20.6 Å². The third-order valence-corrected chi connectivity index (χ3v) is 2.35. The van der Waals surface area contributed by atoms with E-state index in [4.69, 9.17) is 4.74 Å². The maximum atomic E-state index is 5.36. The van der Waals surface area contributed by atoms with Crippen molar-refractivity contribution in [2.24, 2.45) is 0 Å². The molecule has 0 fully saturated rings. The van der Waals surface area contributed by atoms with Crippen molar-refractivity contribution in [3.05, 3.63) is 34.9 Å². The molecule has 78 valence electrons. The van der Waals surface area contributed by atoms with E-state index >= 15 is 0 Å². The summed E-state index contributed by atoms with van der Waals surface area (Å²) in [5, 5.41) is 0. The molecule has 2 nitrogen and oxygen atoms in total. The molecular formula is C13H15NO. The molecular weight excluding hydrogens is 186 g/mol. The van der Waals surface area contributed by atoms with E-state index in [0.29, 0.717) is 0 Å². The zero-order valence-electron chi connectivity index (χ0n) is 9.21. The quantitative estimate of drug-likeness (QED) is 0.640. The van der Waals surface area contributed by atoms with Gasteiger partial charge in [0.25, 0.3) is 0 Å². The van der Waals surface area contributed by atoms with Crippen molar-refractivity contribution in [3.8, 4) is 11.8 Å². The Morgan fingerprint density at radius 1 is 1.27 bits per heavy atom. The Morgan fingerprint density at radius 3 is 2.87 bits per heavy atom. The van der Waals surface area contributed by atoms with Crippen LogP contribution in [0.15, 0.2) is 18.2 Å². The smallest absolute Gasteiger partial charge is 0.0725 e. The van der Waals surface area contributed by atoms with Crippen molar-refractivity contribution in [3.63, 3.8) is 0 Å². The number of benzene rings is 1. The SMILES string of the molecule is CN(C)CC#Cc1ccc2c(c1)COC2. The van der Waals surface area contributed by atoms with Crippen LogP contribution in [0.3, 0.4) is 0 Å². The normalized spacial score (nSPS) is 13.5. The summed E-state index contributed by atoms with van der Waals surface area (Å²) >= 11 is 0. The average molecular weight is 201 g/mol. The van der Waals surface area contributed by atoms with Crippen molar-refractivity contribution in [1.82, 2.24) is 4.90 Å². The summed E-state index contributed by atoms with van der Waals surface area (Å²) in [5.41, 5.74) is 3.67. The first-order valence-electron chi connectivity index (χ1n) is 5.09. The molecule has 1 aromatic carbocycles. The molecule has 0 saturated heterocycles. The first kappa shape index (κ1) is 10.2. The molecule has 1 heterocycles. The second-order valence-electron chi connectivity index (χ2n) is 4.02. The minimum atomic E-state index is 0.735. The molecule has 0 saturated carbocycles. The van der Waals surface area contributed by atoms with Crippen LogP contribution >= 0.6 is 0 Å². The van der Waals surface area contributed by atoms with Crippen molar-refractivity contribution in [2.45, 2.75) is 13.2 Å². The van der Waals surface area contributed by atoms with E-state index in [1.807, 2.05) is 14.1 Å². The van der Waals surface area contributed by atoms with E-state index in [1.54, 1.807) is 0 Å². The Labute approximate surface area is 90.9 Å². The lowest BCUT2D eigenvalue weighted by Crippen LogP contribution is -2.10. The van der Waals surface area contributed by atoms with Gasteiger partial charge in [0, 0.05) is 5.56 Å². The predicted octanol–water partition coefficient (Wildman–Crippen LogP) is 1.63. The first-order valence-corrected chi connectivity index (χ1v) is 5.09. The molecule has 2 heteroatoms. The summed E-state index contributed by atoms with van der Waals surface area (Å²) in [6.07, 6.45) is 0. The fourth-order valence-electron chi connectivity index (χ4n) is 1.55. The van der Waals surface area contributed by atoms with E-state index in [0.717, 1.165) is 25.3 Å². The standard InChI is InChI=1S/C13H15NO/c1-14(2)7-3-4-11-5-6-12-9-15-10-13(12)8-11/h5-6,8H,7,9-10H2,1-2H3. The highest BCUT2D eigenvalue weighted by molar-refractivity contribution is 5.41. The molecule has 0 radical (unpaired) electrons. The molecule has 1 aliphatic rings. The van der Waals surface area contributed by atoms with Crippen LogP contribution < -0.4 is 0 Å². The third kappa shape index (κ3) is 2.59. The fraction of sp³-hybridized carbons (Fsp3) is 0.385. The molecule has 0 N–H and O–H groups in total. The van der Waals surface area contributed by atoms with Gasteiger partial charge in [0.2, 0.25) is 0 Å². The summed E-state index contributed by atoms with van der Waals surface area (Å²) < 4.78 is 5.36. The van der Waals surface area contributed by atoms with Gasteiger partial charge in [-0.3, -0.25) is 4.90 Å². The highest BCUT2D eigenvalue weighted by Gasteiger charge is 2.10. The van der Waals surface area contributed by atoms with Crippen molar-refractivity contribution in [1.29, 1.82) is 0 Å². The molecule has 15 heavy (non-hydrogen) atoms. The topological polar surface area (TPSA) is 12.5 Å². The van der Waals surface area contributed by atoms with Crippen LogP contribution in [0, 0.1) is 11.8 Å². The Kier molecular flexibility index (Phi) is 3.05. The van der Waals surface area contributed by atoms with Crippen molar-refractivity contribution < 1.29 is 4.74 Å². The molecule has 0 unspecified atom stereocenters. The molecule has 0 amide bonds. The second kappa shape index (κ2) is 4.48. The lowest BCUT2D eigenvalue weighted by molar-refractivity contribution is 0.134. The Balaban J connectivity index is 2.12. The summed E-state index contributed by atoms with van der Waals surface area (Å²) in [7, 11) is 4.04. The van der Waals surface area contributed by atoms with Crippen LogP contribution in [0.2, 0.25) is 0 Å². The number of ether oxygens (including phenoxy) is 1. The molecule has 0 aromatic heterocycles. The van der Waals surface area contributed by atoms with Gasteiger partial charge in [0.05, 0.1) is 19.8 Å². The molecule has 1 aromatic rings. The van der Waals surface area contributed by atoms with Crippen LogP contribution in [0.5, 0.6) is 0 Å². The fourth-order valence-corrected chi connectivity index (χ4v) is 1.55. The third-order valence-electron chi connectivity index (χ3n) is 2.35. The number of hydrogen-bond donors (Lipinski definition) is 0. The zero-order valence-corrected chi connectivity index (χ0v) is 9.21. The summed E-state index contributed by atoms with van der Waals surface area (Å²) in [6, 6.07) is 6.31.